The van der Waals surface area contributed by atoms with Gasteiger partial charge in [0.25, 0.3) is 0 Å². The Balaban J connectivity index is 1.28. The molecule has 4 aliphatic rings. The van der Waals surface area contributed by atoms with E-state index in [0.29, 0.717) is 17.4 Å². The van der Waals surface area contributed by atoms with Crippen molar-refractivity contribution < 1.29 is 9.47 Å². The number of nitrogens with zero attached hydrogens (tertiary/aromatic N) is 4. The van der Waals surface area contributed by atoms with Crippen molar-refractivity contribution in [2.45, 2.75) is 51.1 Å². The summed E-state index contributed by atoms with van der Waals surface area (Å²) in [7, 11) is 1.83. The maximum Gasteiger partial charge on any atom is 0.151 e. The standard InChI is InChI=1S/C23H39N5O2/c1-18-10-21(25-28(18)20-12-23(13-20)15-24-16-23)27-5-4-19(11-22(27,2)17-29-3)14-26-6-8-30-9-7-26/h10,19-20,24H,4-9,11-17H2,1-3H3. The normalized spacial score (nSPS) is 32.2. The van der Waals surface area contributed by atoms with Crippen LogP contribution in [0.1, 0.15) is 44.3 Å². The van der Waals surface area contributed by atoms with Crippen LogP contribution < -0.4 is 10.2 Å². The molecule has 0 radical (unpaired) electrons. The summed E-state index contributed by atoms with van der Waals surface area (Å²) >= 11 is 0. The summed E-state index contributed by atoms with van der Waals surface area (Å²) < 4.78 is 13.6. The molecule has 0 bridgehead atoms. The summed E-state index contributed by atoms with van der Waals surface area (Å²) in [6.07, 6.45) is 4.93. The monoisotopic (exact) mass is 417 g/mol. The first-order valence-corrected chi connectivity index (χ1v) is 11.8. The predicted octanol–water partition coefficient (Wildman–Crippen LogP) is 2.07. The zero-order chi connectivity index (χ0) is 20.8. The van der Waals surface area contributed by atoms with Crippen molar-refractivity contribution in [2.75, 3.05) is 71.1 Å². The molecular weight excluding hydrogens is 378 g/mol. The summed E-state index contributed by atoms with van der Waals surface area (Å²) in [6, 6.07) is 2.88. The Bertz CT molecular complexity index is 734. The van der Waals surface area contributed by atoms with Crippen molar-refractivity contribution in [1.82, 2.24) is 20.0 Å². The summed E-state index contributed by atoms with van der Waals surface area (Å²) in [6.45, 7) is 13.9. The second kappa shape index (κ2) is 8.08. The number of anilines is 1. The molecule has 4 fully saturated rings. The predicted molar refractivity (Wildman–Crippen MR) is 118 cm³/mol. The van der Waals surface area contributed by atoms with Crippen molar-refractivity contribution in [3.8, 4) is 0 Å². The number of rotatable bonds is 6. The third-order valence-corrected chi connectivity index (χ3v) is 8.09. The number of piperidine rings is 1. The van der Waals surface area contributed by atoms with E-state index in [9.17, 15) is 0 Å². The number of morpholine rings is 1. The molecule has 1 N–H and O–H groups in total. The highest BCUT2D eigenvalue weighted by Crippen LogP contribution is 2.51. The minimum Gasteiger partial charge on any atom is -0.382 e. The van der Waals surface area contributed by atoms with Crippen LogP contribution in [0.25, 0.3) is 0 Å². The van der Waals surface area contributed by atoms with Crippen molar-refractivity contribution in [3.63, 3.8) is 0 Å². The van der Waals surface area contributed by atoms with Gasteiger partial charge in [0, 0.05) is 58.1 Å². The number of aromatic nitrogens is 2. The minimum atomic E-state index is -0.00565. The lowest BCUT2D eigenvalue weighted by molar-refractivity contribution is 0.00144. The van der Waals surface area contributed by atoms with E-state index in [4.69, 9.17) is 14.6 Å². The lowest BCUT2D eigenvalue weighted by Crippen LogP contribution is -2.60. The van der Waals surface area contributed by atoms with Gasteiger partial charge in [-0.1, -0.05) is 0 Å². The van der Waals surface area contributed by atoms with Crippen LogP contribution in [-0.2, 0) is 9.47 Å². The van der Waals surface area contributed by atoms with E-state index in [1.165, 1.54) is 44.6 Å². The fraction of sp³-hybridized carbons (Fsp3) is 0.870. The number of nitrogens with one attached hydrogen (secondary N) is 1. The van der Waals surface area contributed by atoms with Gasteiger partial charge in [-0.05, 0) is 50.9 Å². The zero-order valence-electron chi connectivity index (χ0n) is 19.0. The molecule has 2 unspecified atom stereocenters. The van der Waals surface area contributed by atoms with Gasteiger partial charge in [-0.3, -0.25) is 9.58 Å². The van der Waals surface area contributed by atoms with Gasteiger partial charge >= 0.3 is 0 Å². The Morgan fingerprint density at radius 3 is 2.63 bits per heavy atom. The quantitative estimate of drug-likeness (QED) is 0.765. The number of methoxy groups -OCH3 is 1. The van der Waals surface area contributed by atoms with E-state index in [2.05, 4.69) is 39.7 Å². The van der Waals surface area contributed by atoms with Crippen molar-refractivity contribution in [2.24, 2.45) is 11.3 Å². The van der Waals surface area contributed by atoms with Gasteiger partial charge in [0.15, 0.2) is 5.82 Å². The summed E-state index contributed by atoms with van der Waals surface area (Å²) in [5.41, 5.74) is 1.87. The Morgan fingerprint density at radius 1 is 1.20 bits per heavy atom. The van der Waals surface area contributed by atoms with E-state index in [0.717, 1.165) is 51.7 Å². The number of ether oxygens (including phenoxy) is 2. The lowest BCUT2D eigenvalue weighted by Gasteiger charge is -2.54. The number of hydrogen-bond donors (Lipinski definition) is 1. The first kappa shape index (κ1) is 20.7. The maximum atomic E-state index is 5.72. The number of hydrogen-bond acceptors (Lipinski definition) is 6. The third-order valence-electron chi connectivity index (χ3n) is 8.09. The van der Waals surface area contributed by atoms with Crippen LogP contribution in [0.4, 0.5) is 5.82 Å². The van der Waals surface area contributed by atoms with Crippen LogP contribution in [-0.4, -0.2) is 86.4 Å². The van der Waals surface area contributed by atoms with Gasteiger partial charge < -0.3 is 19.7 Å². The molecule has 3 aliphatic heterocycles. The molecule has 1 aliphatic carbocycles. The van der Waals surface area contributed by atoms with Gasteiger partial charge in [0.1, 0.15) is 0 Å². The van der Waals surface area contributed by atoms with Crippen LogP contribution in [0.3, 0.4) is 0 Å². The van der Waals surface area contributed by atoms with Crippen LogP contribution >= 0.6 is 0 Å². The Hall–Kier alpha value is -1.15. The van der Waals surface area contributed by atoms with Gasteiger partial charge in [0.05, 0.1) is 31.4 Å². The molecule has 0 amide bonds. The van der Waals surface area contributed by atoms with E-state index >= 15 is 0 Å². The lowest BCUT2D eigenvalue weighted by atomic mass is 9.62. The highest BCUT2D eigenvalue weighted by atomic mass is 16.5. The van der Waals surface area contributed by atoms with Crippen molar-refractivity contribution in [3.05, 3.63) is 11.8 Å². The fourth-order valence-corrected chi connectivity index (χ4v) is 6.41. The van der Waals surface area contributed by atoms with Gasteiger partial charge in [-0.15, -0.1) is 0 Å². The maximum absolute atomic E-state index is 5.72. The number of aryl methyl sites for hydroxylation is 1. The Kier molecular flexibility index (Phi) is 5.58. The van der Waals surface area contributed by atoms with Crippen LogP contribution in [0.2, 0.25) is 0 Å². The Labute approximate surface area is 181 Å². The molecule has 30 heavy (non-hydrogen) atoms. The second-order valence-corrected chi connectivity index (χ2v) is 10.6. The smallest absolute Gasteiger partial charge is 0.151 e. The fourth-order valence-electron chi connectivity index (χ4n) is 6.41. The highest BCUT2D eigenvalue weighted by molar-refractivity contribution is 5.44. The molecule has 4 heterocycles. The summed E-state index contributed by atoms with van der Waals surface area (Å²) in [5.74, 6) is 1.85. The molecule has 1 saturated carbocycles. The van der Waals surface area contributed by atoms with Crippen LogP contribution in [0.5, 0.6) is 0 Å². The molecule has 168 valence electrons. The molecule has 2 atom stereocenters. The SMILES string of the molecule is COCC1(C)CC(CN2CCOCC2)CCN1c1cc(C)n(C2CC3(CNC3)C2)n1. The summed E-state index contributed by atoms with van der Waals surface area (Å²) in [4.78, 5) is 5.12. The summed E-state index contributed by atoms with van der Waals surface area (Å²) in [5, 5.41) is 8.58. The molecule has 3 saturated heterocycles. The molecule has 5 rings (SSSR count). The second-order valence-electron chi connectivity index (χ2n) is 10.6. The average Bonchev–Trinajstić information content (AvgIpc) is 3.01. The molecule has 1 aromatic rings. The van der Waals surface area contributed by atoms with Crippen molar-refractivity contribution in [1.29, 1.82) is 0 Å². The molecule has 0 aromatic carbocycles. The minimum absolute atomic E-state index is 0.00565. The zero-order valence-corrected chi connectivity index (χ0v) is 19.0. The topological polar surface area (TPSA) is 54.8 Å². The first-order chi connectivity index (χ1) is 14.5. The Morgan fingerprint density at radius 2 is 1.97 bits per heavy atom. The van der Waals surface area contributed by atoms with Gasteiger partial charge in [-0.2, -0.15) is 5.10 Å². The third kappa shape index (κ3) is 3.78. The molecular formula is C23H39N5O2. The molecule has 1 spiro atoms. The molecule has 7 heteroatoms. The highest BCUT2D eigenvalue weighted by Gasteiger charge is 2.50. The van der Waals surface area contributed by atoms with E-state index in [1.807, 2.05) is 7.11 Å². The van der Waals surface area contributed by atoms with Crippen LogP contribution in [0.15, 0.2) is 6.07 Å². The van der Waals surface area contributed by atoms with E-state index in [-0.39, 0.29) is 5.54 Å². The van der Waals surface area contributed by atoms with Gasteiger partial charge in [-0.25, -0.2) is 0 Å². The average molecular weight is 418 g/mol. The van der Waals surface area contributed by atoms with Crippen molar-refractivity contribution >= 4 is 5.82 Å². The molecule has 1 aromatic heterocycles. The largest absolute Gasteiger partial charge is 0.382 e. The van der Waals surface area contributed by atoms with E-state index < -0.39 is 0 Å². The molecule has 7 nitrogen and oxygen atoms in total. The van der Waals surface area contributed by atoms with E-state index in [1.54, 1.807) is 0 Å². The van der Waals surface area contributed by atoms with Crippen LogP contribution in [0, 0.1) is 18.3 Å². The van der Waals surface area contributed by atoms with Gasteiger partial charge in [0.2, 0.25) is 0 Å². The first-order valence-electron chi connectivity index (χ1n) is 11.8.